The van der Waals surface area contributed by atoms with E-state index >= 15 is 0 Å². The van der Waals surface area contributed by atoms with Crippen LogP contribution in [0.2, 0.25) is 0 Å². The summed E-state index contributed by atoms with van der Waals surface area (Å²) in [6.45, 7) is 5.44. The monoisotopic (exact) mass is 253 g/mol. The first kappa shape index (κ1) is 14.4. The highest BCUT2D eigenvalue weighted by Gasteiger charge is 2.23. The van der Waals surface area contributed by atoms with Crippen molar-refractivity contribution in [3.8, 4) is 0 Å². The third-order valence-corrected chi connectivity index (χ3v) is 2.75. The molecule has 0 aromatic carbocycles. The second-order valence-corrected chi connectivity index (χ2v) is 4.12. The molecule has 0 bridgehead atoms. The molecule has 5 heteroatoms. The highest BCUT2D eigenvalue weighted by Crippen LogP contribution is 2.26. The lowest BCUT2D eigenvalue weighted by Gasteiger charge is -2.08. The number of esters is 1. The van der Waals surface area contributed by atoms with E-state index in [1.165, 1.54) is 0 Å². The molecule has 1 unspecified atom stereocenters. The van der Waals surface area contributed by atoms with Gasteiger partial charge in [0.2, 0.25) is 0 Å². The number of hydrogen-bond acceptors (Lipinski definition) is 4. The fourth-order valence-corrected chi connectivity index (χ4v) is 2.10. The van der Waals surface area contributed by atoms with Crippen molar-refractivity contribution in [2.75, 3.05) is 6.61 Å². The van der Waals surface area contributed by atoms with Gasteiger partial charge in [-0.15, -0.1) is 0 Å². The summed E-state index contributed by atoms with van der Waals surface area (Å²) in [7, 11) is 0. The Morgan fingerprint density at radius 3 is 2.72 bits per heavy atom. The Labute approximate surface area is 106 Å². The molecule has 0 aliphatic carbocycles. The molecule has 0 saturated carbocycles. The molecule has 1 rings (SSSR count). The van der Waals surface area contributed by atoms with Crippen molar-refractivity contribution in [1.82, 2.24) is 4.98 Å². The maximum Gasteiger partial charge on any atom is 0.355 e. The predicted molar refractivity (Wildman–Crippen MR) is 66.5 cm³/mol. The zero-order valence-corrected chi connectivity index (χ0v) is 10.9. The third-order valence-electron chi connectivity index (χ3n) is 2.75. The van der Waals surface area contributed by atoms with E-state index < -0.39 is 12.1 Å². The lowest BCUT2D eigenvalue weighted by Crippen LogP contribution is -2.09. The fourth-order valence-electron chi connectivity index (χ4n) is 2.10. The summed E-state index contributed by atoms with van der Waals surface area (Å²) >= 11 is 0. The van der Waals surface area contributed by atoms with E-state index in [1.807, 2.05) is 0 Å². The standard InChI is InChI=1S/C13H19NO4/c1-4-18-13(17)12-10(6-5-7-15)11(9(3)16)8(2)14-12/h7,9,14,16H,4-6H2,1-3H3. The summed E-state index contributed by atoms with van der Waals surface area (Å²) < 4.78 is 4.96. The van der Waals surface area contributed by atoms with Crippen molar-refractivity contribution in [2.45, 2.75) is 39.7 Å². The zero-order valence-electron chi connectivity index (χ0n) is 10.9. The van der Waals surface area contributed by atoms with Crippen LogP contribution < -0.4 is 0 Å². The number of aliphatic hydroxyl groups excluding tert-OH is 1. The number of rotatable bonds is 6. The van der Waals surface area contributed by atoms with Crippen LogP contribution >= 0.6 is 0 Å². The number of aliphatic hydroxyl groups is 1. The van der Waals surface area contributed by atoms with Gasteiger partial charge in [-0.1, -0.05) is 0 Å². The average molecular weight is 253 g/mol. The molecule has 0 amide bonds. The number of carbonyl (C=O) groups excluding carboxylic acids is 2. The molecule has 1 atom stereocenters. The van der Waals surface area contributed by atoms with Gasteiger partial charge in [0, 0.05) is 17.7 Å². The summed E-state index contributed by atoms with van der Waals surface area (Å²) in [6, 6.07) is 0. The average Bonchev–Trinajstić information content (AvgIpc) is 2.63. The minimum Gasteiger partial charge on any atom is -0.461 e. The highest BCUT2D eigenvalue weighted by atomic mass is 16.5. The third kappa shape index (κ3) is 2.98. The smallest absolute Gasteiger partial charge is 0.355 e. The number of aromatic nitrogens is 1. The Balaban J connectivity index is 3.19. The van der Waals surface area contributed by atoms with Crippen molar-refractivity contribution in [1.29, 1.82) is 0 Å². The Morgan fingerprint density at radius 2 is 2.22 bits per heavy atom. The number of H-pyrrole nitrogens is 1. The Morgan fingerprint density at radius 1 is 1.56 bits per heavy atom. The van der Waals surface area contributed by atoms with Crippen LogP contribution in [0.1, 0.15) is 53.7 Å². The molecule has 18 heavy (non-hydrogen) atoms. The van der Waals surface area contributed by atoms with Crippen LogP contribution in [0.25, 0.3) is 0 Å². The molecule has 0 fully saturated rings. The minimum atomic E-state index is -0.689. The van der Waals surface area contributed by atoms with E-state index in [0.717, 1.165) is 12.0 Å². The zero-order chi connectivity index (χ0) is 13.7. The van der Waals surface area contributed by atoms with Crippen LogP contribution in [0.15, 0.2) is 0 Å². The predicted octanol–water partition coefficient (Wildman–Crippen LogP) is 1.68. The van der Waals surface area contributed by atoms with Crippen molar-refractivity contribution in [3.63, 3.8) is 0 Å². The van der Waals surface area contributed by atoms with Gasteiger partial charge in [-0.2, -0.15) is 0 Å². The molecule has 0 aliphatic heterocycles. The lowest BCUT2D eigenvalue weighted by molar-refractivity contribution is -0.107. The van der Waals surface area contributed by atoms with Gasteiger partial charge < -0.3 is 19.6 Å². The molecule has 5 nitrogen and oxygen atoms in total. The van der Waals surface area contributed by atoms with Crippen molar-refractivity contribution in [3.05, 3.63) is 22.5 Å². The summed E-state index contributed by atoms with van der Waals surface area (Å²) in [5.74, 6) is -0.451. The normalized spacial score (nSPS) is 12.2. The van der Waals surface area contributed by atoms with Crippen LogP contribution in [0.5, 0.6) is 0 Å². The Hall–Kier alpha value is -1.62. The van der Waals surface area contributed by atoms with Crippen LogP contribution in [-0.4, -0.2) is 29.0 Å². The van der Waals surface area contributed by atoms with Gasteiger partial charge in [0.1, 0.15) is 12.0 Å². The number of aryl methyl sites for hydroxylation is 1. The maximum atomic E-state index is 11.8. The van der Waals surface area contributed by atoms with Crippen molar-refractivity contribution >= 4 is 12.3 Å². The van der Waals surface area contributed by atoms with Gasteiger partial charge >= 0.3 is 5.97 Å². The Bertz CT molecular complexity index is 434. The fraction of sp³-hybridized carbons (Fsp3) is 0.538. The second kappa shape index (κ2) is 6.35. The van der Waals surface area contributed by atoms with Gasteiger partial charge in [0.05, 0.1) is 12.7 Å². The number of carbonyl (C=O) groups is 2. The molecule has 0 saturated heterocycles. The first-order valence-electron chi connectivity index (χ1n) is 6.03. The quantitative estimate of drug-likeness (QED) is 0.597. The minimum absolute atomic E-state index is 0.286. The van der Waals surface area contributed by atoms with E-state index in [-0.39, 0.29) is 6.61 Å². The van der Waals surface area contributed by atoms with Crippen molar-refractivity contribution in [2.24, 2.45) is 0 Å². The van der Waals surface area contributed by atoms with E-state index in [9.17, 15) is 14.7 Å². The largest absolute Gasteiger partial charge is 0.461 e. The number of aldehydes is 1. The van der Waals surface area contributed by atoms with Gasteiger partial charge in [-0.25, -0.2) is 4.79 Å². The molecule has 1 aromatic rings. The van der Waals surface area contributed by atoms with Gasteiger partial charge in [-0.3, -0.25) is 0 Å². The first-order valence-corrected chi connectivity index (χ1v) is 6.03. The summed E-state index contributed by atoms with van der Waals surface area (Å²) in [5, 5.41) is 9.75. The topological polar surface area (TPSA) is 79.4 Å². The first-order chi connectivity index (χ1) is 8.52. The number of nitrogens with one attached hydrogen (secondary N) is 1. The van der Waals surface area contributed by atoms with E-state index in [4.69, 9.17) is 4.74 Å². The molecule has 100 valence electrons. The molecule has 0 spiro atoms. The highest BCUT2D eigenvalue weighted by molar-refractivity contribution is 5.90. The number of hydrogen-bond donors (Lipinski definition) is 2. The summed E-state index contributed by atoms with van der Waals surface area (Å²) in [5.41, 5.74) is 2.43. The molecular weight excluding hydrogens is 234 g/mol. The summed E-state index contributed by atoms with van der Waals surface area (Å²) in [6.07, 6.45) is 0.834. The second-order valence-electron chi connectivity index (χ2n) is 4.12. The number of aromatic amines is 1. The molecule has 2 N–H and O–H groups in total. The molecule has 0 radical (unpaired) electrons. The maximum absolute atomic E-state index is 11.8. The molecule has 0 aliphatic rings. The lowest BCUT2D eigenvalue weighted by atomic mass is 10.0. The van der Waals surface area contributed by atoms with E-state index in [0.29, 0.717) is 29.7 Å². The van der Waals surface area contributed by atoms with Crippen LogP contribution in [0, 0.1) is 6.92 Å². The molecule has 1 aromatic heterocycles. The van der Waals surface area contributed by atoms with Crippen LogP contribution in [0.3, 0.4) is 0 Å². The van der Waals surface area contributed by atoms with Crippen molar-refractivity contribution < 1.29 is 19.4 Å². The SMILES string of the molecule is CCOC(=O)c1[nH]c(C)c(C(C)O)c1CCC=O. The molecule has 1 heterocycles. The number of ether oxygens (including phenoxy) is 1. The van der Waals surface area contributed by atoms with Gasteiger partial charge in [-0.05, 0) is 32.8 Å². The Kier molecular flexibility index (Phi) is 5.09. The van der Waals surface area contributed by atoms with Gasteiger partial charge in [0.15, 0.2) is 0 Å². The summed E-state index contributed by atoms with van der Waals surface area (Å²) in [4.78, 5) is 25.2. The van der Waals surface area contributed by atoms with Crippen LogP contribution in [0.4, 0.5) is 0 Å². The van der Waals surface area contributed by atoms with E-state index in [2.05, 4.69) is 4.98 Å². The van der Waals surface area contributed by atoms with E-state index in [1.54, 1.807) is 20.8 Å². The van der Waals surface area contributed by atoms with Gasteiger partial charge in [0.25, 0.3) is 0 Å². The van der Waals surface area contributed by atoms with Crippen LogP contribution in [-0.2, 0) is 16.0 Å². The molecular formula is C13H19NO4.